The van der Waals surface area contributed by atoms with Gasteiger partial charge in [0.05, 0.1) is 6.10 Å². The number of carbonyl (C=O) groups is 1. The van der Waals surface area contributed by atoms with E-state index < -0.39 is 12.1 Å². The molecule has 1 saturated heterocycles. The molecule has 1 aliphatic rings. The van der Waals surface area contributed by atoms with Gasteiger partial charge in [-0.25, -0.2) is 4.79 Å². The van der Waals surface area contributed by atoms with Gasteiger partial charge in [-0.3, -0.25) is 0 Å². The average molecular weight is 201 g/mol. The smallest absolute Gasteiger partial charge is 0.475 e. The Balaban J connectivity index is 0.000000223. The van der Waals surface area contributed by atoms with Gasteiger partial charge in [-0.05, 0) is 6.92 Å². The van der Waals surface area contributed by atoms with Crippen LogP contribution in [0, 0.1) is 0 Å². The largest absolute Gasteiger partial charge is 0.490 e. The Morgan fingerprint density at radius 2 is 1.85 bits per heavy atom. The van der Waals surface area contributed by atoms with Crippen molar-refractivity contribution in [3.8, 4) is 0 Å². The quantitative estimate of drug-likeness (QED) is 0.515. The maximum atomic E-state index is 10.6. The zero-order chi connectivity index (χ0) is 10.6. The minimum Gasteiger partial charge on any atom is -0.475 e. The number of carboxylic acids is 1. The molecule has 0 amide bonds. The number of alkyl halides is 3. The summed E-state index contributed by atoms with van der Waals surface area (Å²) in [4.78, 5) is 8.90. The van der Waals surface area contributed by atoms with Gasteiger partial charge >= 0.3 is 12.1 Å². The molecule has 0 unspecified atom stereocenters. The number of hydrogen-bond acceptors (Lipinski definition) is 3. The van der Waals surface area contributed by atoms with Crippen LogP contribution in [0.5, 0.6) is 0 Å². The van der Waals surface area contributed by atoms with Crippen molar-refractivity contribution in [2.45, 2.75) is 25.2 Å². The highest BCUT2D eigenvalue weighted by molar-refractivity contribution is 5.73. The number of aliphatic carboxylic acids is 1. The number of aliphatic hydroxyl groups excluding tert-OH is 1. The maximum absolute atomic E-state index is 10.6. The predicted molar refractivity (Wildman–Crippen MR) is 37.2 cm³/mol. The summed E-state index contributed by atoms with van der Waals surface area (Å²) in [5, 5.41) is 18.8. The van der Waals surface area contributed by atoms with Gasteiger partial charge in [0.2, 0.25) is 0 Å². The summed E-state index contributed by atoms with van der Waals surface area (Å²) in [6.45, 7) is 2.75. The van der Waals surface area contributed by atoms with E-state index >= 15 is 0 Å². The molecule has 0 saturated carbocycles. The lowest BCUT2D eigenvalue weighted by atomic mass is 10.1. The summed E-state index contributed by atoms with van der Waals surface area (Å²) in [6.07, 6.45) is -5.16. The normalized spacial score (nSPS) is 26.8. The summed E-state index contributed by atoms with van der Waals surface area (Å²) in [5.41, 5.74) is 0. The fourth-order valence-corrected chi connectivity index (χ4v) is 0.459. The van der Waals surface area contributed by atoms with Crippen molar-refractivity contribution in [1.82, 2.24) is 5.32 Å². The van der Waals surface area contributed by atoms with E-state index in [4.69, 9.17) is 15.0 Å². The Hall–Kier alpha value is -0.820. The molecule has 2 atom stereocenters. The molecule has 7 heteroatoms. The first-order valence-corrected chi connectivity index (χ1v) is 3.46. The van der Waals surface area contributed by atoms with E-state index in [2.05, 4.69) is 5.32 Å². The van der Waals surface area contributed by atoms with Crippen LogP contribution in [0.4, 0.5) is 13.2 Å². The number of nitrogens with one attached hydrogen (secondary N) is 1. The van der Waals surface area contributed by atoms with Crippen molar-refractivity contribution >= 4 is 5.97 Å². The molecule has 0 aromatic carbocycles. The van der Waals surface area contributed by atoms with Crippen molar-refractivity contribution in [1.29, 1.82) is 0 Å². The fourth-order valence-electron chi connectivity index (χ4n) is 0.459. The molecule has 1 fully saturated rings. The first-order valence-electron chi connectivity index (χ1n) is 3.46. The van der Waals surface area contributed by atoms with Crippen LogP contribution < -0.4 is 5.32 Å². The van der Waals surface area contributed by atoms with E-state index in [1.807, 2.05) is 6.92 Å². The maximum Gasteiger partial charge on any atom is 0.490 e. The highest BCUT2D eigenvalue weighted by atomic mass is 19.4. The van der Waals surface area contributed by atoms with Crippen LogP contribution in [0.1, 0.15) is 6.92 Å². The number of halogens is 3. The summed E-state index contributed by atoms with van der Waals surface area (Å²) in [6, 6.07) is 0.338. The van der Waals surface area contributed by atoms with Crippen molar-refractivity contribution in [3.63, 3.8) is 0 Å². The van der Waals surface area contributed by atoms with Crippen LogP contribution >= 0.6 is 0 Å². The Labute approximate surface area is 72.4 Å². The molecule has 0 bridgehead atoms. The molecule has 13 heavy (non-hydrogen) atoms. The van der Waals surface area contributed by atoms with Crippen molar-refractivity contribution < 1.29 is 28.2 Å². The number of aliphatic hydroxyl groups is 1. The highest BCUT2D eigenvalue weighted by Gasteiger charge is 2.38. The molecule has 0 radical (unpaired) electrons. The third-order valence-electron chi connectivity index (χ3n) is 1.47. The van der Waals surface area contributed by atoms with Gasteiger partial charge in [-0.1, -0.05) is 0 Å². The van der Waals surface area contributed by atoms with Gasteiger partial charge in [0, 0.05) is 12.6 Å². The second-order valence-corrected chi connectivity index (χ2v) is 2.57. The second-order valence-electron chi connectivity index (χ2n) is 2.57. The molecule has 1 rings (SSSR count). The lowest BCUT2D eigenvalue weighted by Gasteiger charge is -2.30. The lowest BCUT2D eigenvalue weighted by molar-refractivity contribution is -0.192. The van der Waals surface area contributed by atoms with Crippen LogP contribution in [0.3, 0.4) is 0 Å². The molecule has 0 aromatic rings. The third kappa shape index (κ3) is 4.69. The van der Waals surface area contributed by atoms with Gasteiger partial charge in [0.1, 0.15) is 0 Å². The molecular weight excluding hydrogens is 191 g/mol. The lowest BCUT2D eigenvalue weighted by Crippen LogP contribution is -2.55. The molecule has 0 spiro atoms. The summed E-state index contributed by atoms with van der Waals surface area (Å²) in [5.74, 6) is -2.76. The van der Waals surface area contributed by atoms with Crippen LogP contribution in [0.2, 0.25) is 0 Å². The Kier molecular flexibility index (Phi) is 4.15. The van der Waals surface area contributed by atoms with Gasteiger partial charge < -0.3 is 15.5 Å². The number of carboxylic acid groups (broad SMARTS) is 1. The van der Waals surface area contributed by atoms with Gasteiger partial charge in [0.25, 0.3) is 0 Å². The van der Waals surface area contributed by atoms with Crippen LogP contribution in [-0.2, 0) is 4.79 Å². The van der Waals surface area contributed by atoms with Crippen LogP contribution in [-0.4, -0.2) is 41.0 Å². The highest BCUT2D eigenvalue weighted by Crippen LogP contribution is 2.13. The predicted octanol–water partition coefficient (Wildman–Crippen LogP) is -0.0277. The average Bonchev–Trinajstić information content (AvgIpc) is 2.00. The SMILES string of the molecule is C[C@H]1NC[C@H]1O.O=C(O)C(F)(F)F. The van der Waals surface area contributed by atoms with E-state index in [9.17, 15) is 13.2 Å². The first-order chi connectivity index (χ1) is 5.75. The third-order valence-corrected chi connectivity index (χ3v) is 1.47. The van der Waals surface area contributed by atoms with E-state index in [1.54, 1.807) is 0 Å². The topological polar surface area (TPSA) is 69.6 Å². The Morgan fingerprint density at radius 3 is 1.85 bits per heavy atom. The van der Waals surface area contributed by atoms with E-state index in [1.165, 1.54) is 0 Å². The fraction of sp³-hybridized carbons (Fsp3) is 0.833. The number of hydrogen-bond donors (Lipinski definition) is 3. The first kappa shape index (κ1) is 12.2. The molecule has 0 aromatic heterocycles. The summed E-state index contributed by atoms with van der Waals surface area (Å²) >= 11 is 0. The van der Waals surface area contributed by atoms with Crippen molar-refractivity contribution in [3.05, 3.63) is 0 Å². The second kappa shape index (κ2) is 4.43. The minimum atomic E-state index is -5.08. The molecule has 1 heterocycles. The van der Waals surface area contributed by atoms with Crippen molar-refractivity contribution in [2.24, 2.45) is 0 Å². The van der Waals surface area contributed by atoms with E-state index in [-0.39, 0.29) is 6.10 Å². The monoisotopic (exact) mass is 201 g/mol. The Morgan fingerprint density at radius 1 is 1.54 bits per heavy atom. The van der Waals surface area contributed by atoms with Gasteiger partial charge in [0.15, 0.2) is 0 Å². The van der Waals surface area contributed by atoms with Crippen molar-refractivity contribution in [2.75, 3.05) is 6.54 Å². The number of rotatable bonds is 0. The van der Waals surface area contributed by atoms with Crippen LogP contribution in [0.15, 0.2) is 0 Å². The zero-order valence-corrected chi connectivity index (χ0v) is 6.80. The summed E-state index contributed by atoms with van der Waals surface area (Å²) in [7, 11) is 0. The zero-order valence-electron chi connectivity index (χ0n) is 6.80. The van der Waals surface area contributed by atoms with Gasteiger partial charge in [-0.2, -0.15) is 13.2 Å². The molecule has 78 valence electrons. The summed E-state index contributed by atoms with van der Waals surface area (Å²) < 4.78 is 31.7. The molecule has 0 aliphatic carbocycles. The number of β-amino-alcohol motifs (C(OH)–C–C–N with tert-alkyl or cyclic N) is 1. The van der Waals surface area contributed by atoms with Gasteiger partial charge in [-0.15, -0.1) is 0 Å². The van der Waals surface area contributed by atoms with E-state index in [0.29, 0.717) is 6.04 Å². The Bertz CT molecular complexity index is 174. The molecular formula is C6H10F3NO3. The minimum absolute atomic E-state index is 0.0787. The van der Waals surface area contributed by atoms with Crippen LogP contribution in [0.25, 0.3) is 0 Å². The standard InChI is InChI=1S/C4H9NO.C2HF3O2/c1-3-4(6)2-5-3;3-2(4,5)1(6)7/h3-6H,2H2,1H3;(H,6,7)/t3-,4-;/m1./s1. The molecule has 3 N–H and O–H groups in total. The molecule has 4 nitrogen and oxygen atoms in total. The van der Waals surface area contributed by atoms with E-state index in [0.717, 1.165) is 6.54 Å². The molecule has 1 aliphatic heterocycles.